The van der Waals surface area contributed by atoms with Crippen LogP contribution in [0.15, 0.2) is 28.7 Å². The molecule has 3 rings (SSSR count). The number of furan rings is 1. The van der Waals surface area contributed by atoms with Crippen molar-refractivity contribution in [3.63, 3.8) is 0 Å². The summed E-state index contributed by atoms with van der Waals surface area (Å²) in [6.45, 7) is 1.90. The molecule has 0 saturated heterocycles. The zero-order valence-corrected chi connectivity index (χ0v) is 18.4. The molecule has 1 aromatic heterocycles. The Morgan fingerprint density at radius 3 is 2.35 bits per heavy atom. The smallest absolute Gasteiger partial charge is 0.286 e. The van der Waals surface area contributed by atoms with Crippen molar-refractivity contribution in [2.75, 3.05) is 21.3 Å². The highest BCUT2D eigenvalue weighted by Gasteiger charge is 2.28. The van der Waals surface area contributed by atoms with Gasteiger partial charge in [0.2, 0.25) is 0 Å². The average molecular weight is 431 g/mol. The zero-order valence-electron chi connectivity index (χ0n) is 18.4. The Morgan fingerprint density at radius 2 is 1.74 bits per heavy atom. The van der Waals surface area contributed by atoms with E-state index in [1.54, 1.807) is 20.3 Å². The van der Waals surface area contributed by atoms with Gasteiger partial charge in [-0.3, -0.25) is 9.59 Å². The summed E-state index contributed by atoms with van der Waals surface area (Å²) < 4.78 is 16.5. The number of carbonyl (C=O) groups excluding carboxylic acids is 2. The lowest BCUT2D eigenvalue weighted by Gasteiger charge is -2.26. The molecule has 8 nitrogen and oxygen atoms in total. The van der Waals surface area contributed by atoms with E-state index in [0.29, 0.717) is 48.5 Å². The van der Waals surface area contributed by atoms with E-state index in [4.69, 9.17) is 13.9 Å². The summed E-state index contributed by atoms with van der Waals surface area (Å²) in [6, 6.07) is 6.96. The second-order valence-corrected chi connectivity index (χ2v) is 7.78. The predicted molar refractivity (Wildman–Crippen MR) is 115 cm³/mol. The third-order valence-electron chi connectivity index (χ3n) is 5.79. The number of methoxy groups -OCH3 is 2. The van der Waals surface area contributed by atoms with E-state index in [9.17, 15) is 14.7 Å². The van der Waals surface area contributed by atoms with E-state index < -0.39 is 5.91 Å². The number of carbonyl (C=O) groups is 2. The van der Waals surface area contributed by atoms with Crippen molar-refractivity contribution < 1.29 is 28.6 Å². The highest BCUT2D eigenvalue weighted by molar-refractivity contribution is 5.99. The Bertz CT molecular complexity index is 930. The monoisotopic (exact) mass is 430 g/mol. The molecule has 1 fully saturated rings. The number of ether oxygens (including phenoxy) is 2. The van der Waals surface area contributed by atoms with Gasteiger partial charge in [0.05, 0.1) is 25.9 Å². The van der Waals surface area contributed by atoms with E-state index in [2.05, 4.69) is 10.6 Å². The highest BCUT2D eigenvalue weighted by atomic mass is 16.5. The number of hydrogen-bond donors (Lipinski definition) is 3. The van der Waals surface area contributed by atoms with E-state index >= 15 is 0 Å². The molecule has 1 unspecified atom stereocenters. The standard InChI is InChI=1S/C23H30N2O6/c1-13(14-5-10-18(29-3)19(11-14)30-4)21-17(12-20(31-21)23(28)24-2)22(27)25-15-6-8-16(26)9-7-15/h5,10-13,15-16,26H,6-9H2,1-4H3,(H,24,28)(H,25,27)/t13?,15-,16-. The Labute approximate surface area is 181 Å². The second-order valence-electron chi connectivity index (χ2n) is 7.78. The molecule has 2 aromatic rings. The zero-order chi connectivity index (χ0) is 22.5. The first kappa shape index (κ1) is 22.7. The van der Waals surface area contributed by atoms with Crippen molar-refractivity contribution in [3.8, 4) is 11.5 Å². The van der Waals surface area contributed by atoms with E-state index in [-0.39, 0.29) is 29.7 Å². The minimum Gasteiger partial charge on any atom is -0.493 e. The van der Waals surface area contributed by atoms with Crippen molar-refractivity contribution >= 4 is 11.8 Å². The molecule has 31 heavy (non-hydrogen) atoms. The van der Waals surface area contributed by atoms with Gasteiger partial charge in [-0.05, 0) is 43.4 Å². The van der Waals surface area contributed by atoms with Crippen LogP contribution in [0.2, 0.25) is 0 Å². The molecule has 168 valence electrons. The first-order chi connectivity index (χ1) is 14.9. The van der Waals surface area contributed by atoms with E-state index in [1.165, 1.54) is 13.1 Å². The van der Waals surface area contributed by atoms with Gasteiger partial charge in [0, 0.05) is 25.1 Å². The summed E-state index contributed by atoms with van der Waals surface area (Å²) in [7, 11) is 4.63. The molecular weight excluding hydrogens is 400 g/mol. The van der Waals surface area contributed by atoms with Crippen LogP contribution in [0.3, 0.4) is 0 Å². The summed E-state index contributed by atoms with van der Waals surface area (Å²) in [4.78, 5) is 25.3. The second kappa shape index (κ2) is 9.87. The summed E-state index contributed by atoms with van der Waals surface area (Å²) in [6.07, 6.45) is 2.45. The van der Waals surface area contributed by atoms with Crippen LogP contribution in [0.1, 0.15) is 70.8 Å². The number of hydrogen-bond acceptors (Lipinski definition) is 6. The van der Waals surface area contributed by atoms with Gasteiger partial charge in [0.15, 0.2) is 17.3 Å². The molecule has 0 spiro atoms. The molecule has 0 bridgehead atoms. The fourth-order valence-electron chi connectivity index (χ4n) is 3.90. The molecule has 0 aliphatic heterocycles. The Balaban J connectivity index is 1.92. The van der Waals surface area contributed by atoms with Gasteiger partial charge in [0.1, 0.15) is 5.76 Å². The molecule has 1 aliphatic rings. The van der Waals surface area contributed by atoms with Gasteiger partial charge >= 0.3 is 0 Å². The topological polar surface area (TPSA) is 110 Å². The summed E-state index contributed by atoms with van der Waals surface area (Å²) in [5.41, 5.74) is 1.18. The van der Waals surface area contributed by atoms with Crippen LogP contribution in [-0.4, -0.2) is 50.3 Å². The molecule has 1 aromatic carbocycles. The maximum Gasteiger partial charge on any atom is 0.286 e. The minimum atomic E-state index is -0.402. The fourth-order valence-corrected chi connectivity index (χ4v) is 3.90. The summed E-state index contributed by atoms with van der Waals surface area (Å²) >= 11 is 0. The largest absolute Gasteiger partial charge is 0.493 e. The van der Waals surface area contributed by atoms with Gasteiger partial charge in [-0.2, -0.15) is 0 Å². The van der Waals surface area contributed by atoms with Gasteiger partial charge in [0.25, 0.3) is 11.8 Å². The van der Waals surface area contributed by atoms with Crippen LogP contribution < -0.4 is 20.1 Å². The molecule has 1 heterocycles. The van der Waals surface area contributed by atoms with Gasteiger partial charge in [-0.15, -0.1) is 0 Å². The van der Waals surface area contributed by atoms with Crippen LogP contribution >= 0.6 is 0 Å². The van der Waals surface area contributed by atoms with Crippen LogP contribution in [-0.2, 0) is 0 Å². The van der Waals surface area contributed by atoms with Crippen molar-refractivity contribution in [1.82, 2.24) is 10.6 Å². The fraction of sp³-hybridized carbons (Fsp3) is 0.478. The molecule has 3 N–H and O–H groups in total. The molecule has 1 atom stereocenters. The normalized spacial score (nSPS) is 19.4. The molecule has 1 saturated carbocycles. The van der Waals surface area contributed by atoms with Crippen molar-refractivity contribution in [2.24, 2.45) is 0 Å². The van der Waals surface area contributed by atoms with Gasteiger partial charge in [-0.25, -0.2) is 0 Å². The van der Waals surface area contributed by atoms with Crippen LogP contribution in [0.25, 0.3) is 0 Å². The number of nitrogens with one attached hydrogen (secondary N) is 2. The van der Waals surface area contributed by atoms with Gasteiger partial charge in [-0.1, -0.05) is 13.0 Å². The third kappa shape index (κ3) is 5.02. The number of rotatable bonds is 7. The quantitative estimate of drug-likeness (QED) is 0.623. The van der Waals surface area contributed by atoms with Crippen molar-refractivity contribution in [2.45, 2.75) is 50.7 Å². The lowest BCUT2D eigenvalue weighted by molar-refractivity contribution is 0.0864. The predicted octanol–water partition coefficient (Wildman–Crippen LogP) is 2.84. The first-order valence-corrected chi connectivity index (χ1v) is 10.4. The average Bonchev–Trinajstić information content (AvgIpc) is 3.24. The molecular formula is C23H30N2O6. The van der Waals surface area contributed by atoms with Crippen molar-refractivity contribution in [3.05, 3.63) is 46.9 Å². The Kier molecular flexibility index (Phi) is 7.22. The lowest BCUT2D eigenvalue weighted by Crippen LogP contribution is -2.38. The number of amides is 2. The minimum absolute atomic E-state index is 0.0153. The first-order valence-electron chi connectivity index (χ1n) is 10.4. The summed E-state index contributed by atoms with van der Waals surface area (Å²) in [5, 5.41) is 15.3. The Hall–Kier alpha value is -3.00. The molecule has 8 heteroatoms. The third-order valence-corrected chi connectivity index (χ3v) is 5.79. The lowest BCUT2D eigenvalue weighted by atomic mass is 9.92. The number of aliphatic hydroxyl groups is 1. The summed E-state index contributed by atoms with van der Waals surface area (Å²) in [5.74, 6) is 0.640. The SMILES string of the molecule is CNC(=O)c1cc(C(=O)N[C@H]2CC[C@H](O)CC2)c(C(C)c2ccc(OC)c(OC)c2)o1. The maximum absolute atomic E-state index is 13.1. The van der Waals surface area contributed by atoms with Gasteiger partial charge < -0.3 is 29.6 Å². The number of aliphatic hydroxyl groups excluding tert-OH is 1. The van der Waals surface area contributed by atoms with E-state index in [1.807, 2.05) is 19.1 Å². The van der Waals surface area contributed by atoms with Crippen LogP contribution in [0, 0.1) is 0 Å². The number of benzene rings is 1. The maximum atomic E-state index is 13.1. The van der Waals surface area contributed by atoms with Crippen molar-refractivity contribution in [1.29, 1.82) is 0 Å². The molecule has 0 radical (unpaired) electrons. The molecule has 1 aliphatic carbocycles. The Morgan fingerprint density at radius 1 is 1.06 bits per heavy atom. The van der Waals surface area contributed by atoms with Crippen LogP contribution in [0.4, 0.5) is 0 Å². The van der Waals surface area contributed by atoms with E-state index in [0.717, 1.165) is 5.56 Å². The molecule has 2 amide bonds. The van der Waals surface area contributed by atoms with Crippen LogP contribution in [0.5, 0.6) is 11.5 Å². The highest BCUT2D eigenvalue weighted by Crippen LogP contribution is 2.35.